The minimum Gasteiger partial charge on any atom is -0.465 e. The average Bonchev–Trinajstić information content (AvgIpc) is 3.27. The van der Waals surface area contributed by atoms with E-state index in [4.69, 9.17) is 9.73 Å². The third-order valence-electron chi connectivity index (χ3n) is 6.60. The number of aliphatic imine (C=N–C) groups is 1. The summed E-state index contributed by atoms with van der Waals surface area (Å²) in [5.74, 6) is -1.25. The van der Waals surface area contributed by atoms with Crippen molar-refractivity contribution < 1.29 is 19.1 Å². The molecule has 1 aliphatic rings. The van der Waals surface area contributed by atoms with Gasteiger partial charge in [-0.15, -0.1) is 0 Å². The van der Waals surface area contributed by atoms with E-state index in [2.05, 4.69) is 10.2 Å². The molecule has 202 valence electrons. The number of likely N-dealkylation sites (N-methyl/N-ethyl adjacent to an activating group) is 1. The number of anilines is 2. The summed E-state index contributed by atoms with van der Waals surface area (Å²) >= 11 is 0. The summed E-state index contributed by atoms with van der Waals surface area (Å²) in [6.07, 6.45) is 1.27. The maximum absolute atomic E-state index is 13.2. The number of methoxy groups -OCH3 is 1. The molecule has 1 atom stereocenters. The molecule has 1 N–H and O–H groups in total. The quantitative estimate of drug-likeness (QED) is 0.296. The van der Waals surface area contributed by atoms with Crippen LogP contribution in [0.4, 0.5) is 17.1 Å². The summed E-state index contributed by atoms with van der Waals surface area (Å²) in [6, 6.07) is 22.2. The van der Waals surface area contributed by atoms with Crippen molar-refractivity contribution in [3.63, 3.8) is 0 Å². The predicted octanol–water partition coefficient (Wildman–Crippen LogP) is 5.02. The lowest BCUT2D eigenvalue weighted by Gasteiger charge is -2.24. The van der Waals surface area contributed by atoms with Crippen LogP contribution in [0.15, 0.2) is 77.8 Å². The Bertz CT molecular complexity index is 1370. The van der Waals surface area contributed by atoms with Crippen LogP contribution in [0.2, 0.25) is 0 Å². The molecular weight excluding hydrogens is 492 g/mol. The van der Waals surface area contributed by atoms with Crippen molar-refractivity contribution in [2.45, 2.75) is 25.7 Å². The number of ether oxygens (including phenoxy) is 1. The largest absolute Gasteiger partial charge is 0.465 e. The summed E-state index contributed by atoms with van der Waals surface area (Å²) < 4.78 is 4.82. The van der Waals surface area contributed by atoms with Crippen LogP contribution in [-0.4, -0.2) is 62.7 Å². The predicted molar refractivity (Wildman–Crippen MR) is 154 cm³/mol. The van der Waals surface area contributed by atoms with Crippen LogP contribution in [0.25, 0.3) is 0 Å². The SMILES string of the molecule is CCCC(=O)N(CCN(C)C)c1ccc(N=C(c2ccccc2)C2C(=O)Nc3cc(C(=O)OC)ccc32)cc1. The molecule has 0 saturated heterocycles. The van der Waals surface area contributed by atoms with Crippen molar-refractivity contribution in [2.24, 2.45) is 4.99 Å². The Hall–Kier alpha value is -4.30. The zero-order chi connectivity index (χ0) is 27.9. The highest BCUT2D eigenvalue weighted by Gasteiger charge is 2.36. The van der Waals surface area contributed by atoms with Gasteiger partial charge in [0.1, 0.15) is 5.92 Å². The van der Waals surface area contributed by atoms with E-state index in [-0.39, 0.29) is 11.8 Å². The molecule has 3 aromatic carbocycles. The normalized spacial score (nSPS) is 14.6. The lowest BCUT2D eigenvalue weighted by molar-refractivity contribution is -0.118. The Morgan fingerprint density at radius 3 is 2.31 bits per heavy atom. The number of nitrogens with zero attached hydrogens (tertiary/aromatic N) is 3. The van der Waals surface area contributed by atoms with Crippen molar-refractivity contribution >= 4 is 40.6 Å². The molecule has 1 aliphatic heterocycles. The van der Waals surface area contributed by atoms with Gasteiger partial charge in [0, 0.05) is 30.9 Å². The number of hydrogen-bond acceptors (Lipinski definition) is 6. The molecule has 8 nitrogen and oxygen atoms in total. The topological polar surface area (TPSA) is 91.3 Å². The van der Waals surface area contributed by atoms with Gasteiger partial charge < -0.3 is 19.9 Å². The maximum Gasteiger partial charge on any atom is 0.337 e. The number of rotatable bonds is 10. The molecule has 0 aliphatic carbocycles. The fraction of sp³-hybridized carbons (Fsp3) is 0.290. The average molecular weight is 527 g/mol. The molecule has 0 aromatic heterocycles. The highest BCUT2D eigenvalue weighted by Crippen LogP contribution is 2.37. The molecule has 0 saturated carbocycles. The number of carbonyl (C=O) groups excluding carboxylic acids is 3. The van der Waals surface area contributed by atoms with Gasteiger partial charge >= 0.3 is 5.97 Å². The number of hydrogen-bond donors (Lipinski definition) is 1. The van der Waals surface area contributed by atoms with Gasteiger partial charge in [0.05, 0.1) is 24.1 Å². The van der Waals surface area contributed by atoms with Crippen molar-refractivity contribution in [3.05, 3.63) is 89.5 Å². The first-order valence-corrected chi connectivity index (χ1v) is 13.0. The van der Waals surface area contributed by atoms with Gasteiger partial charge in [-0.25, -0.2) is 4.79 Å². The zero-order valence-electron chi connectivity index (χ0n) is 22.8. The molecule has 0 bridgehead atoms. The fourth-order valence-corrected chi connectivity index (χ4v) is 4.58. The third kappa shape index (κ3) is 6.41. The second kappa shape index (κ2) is 12.5. The molecule has 1 heterocycles. The minimum absolute atomic E-state index is 0.0890. The minimum atomic E-state index is -0.656. The number of fused-ring (bicyclic) bond motifs is 1. The molecule has 4 rings (SSSR count). The monoisotopic (exact) mass is 526 g/mol. The van der Waals surface area contributed by atoms with E-state index in [0.29, 0.717) is 35.6 Å². The van der Waals surface area contributed by atoms with Crippen molar-refractivity contribution in [1.82, 2.24) is 4.90 Å². The van der Waals surface area contributed by atoms with Gasteiger partial charge in [0.25, 0.3) is 0 Å². The zero-order valence-corrected chi connectivity index (χ0v) is 22.8. The van der Waals surface area contributed by atoms with Gasteiger partial charge in [-0.2, -0.15) is 0 Å². The summed E-state index contributed by atoms with van der Waals surface area (Å²) in [7, 11) is 5.29. The van der Waals surface area contributed by atoms with Crippen LogP contribution < -0.4 is 10.2 Å². The Balaban J connectivity index is 1.71. The Labute approximate surface area is 229 Å². The van der Waals surface area contributed by atoms with Crippen molar-refractivity contribution in [1.29, 1.82) is 0 Å². The van der Waals surface area contributed by atoms with E-state index < -0.39 is 11.9 Å². The Morgan fingerprint density at radius 2 is 1.67 bits per heavy atom. The number of esters is 1. The van der Waals surface area contributed by atoms with Gasteiger partial charge in [-0.3, -0.25) is 14.6 Å². The number of benzene rings is 3. The van der Waals surface area contributed by atoms with Crippen LogP contribution in [0.1, 0.15) is 47.2 Å². The summed E-state index contributed by atoms with van der Waals surface area (Å²) in [6.45, 7) is 3.34. The van der Waals surface area contributed by atoms with E-state index in [0.717, 1.165) is 29.8 Å². The molecule has 2 amide bonds. The number of nitrogens with one attached hydrogen (secondary N) is 1. The van der Waals surface area contributed by atoms with Crippen LogP contribution in [0, 0.1) is 0 Å². The fourth-order valence-electron chi connectivity index (χ4n) is 4.58. The van der Waals surface area contributed by atoms with E-state index in [1.54, 1.807) is 18.2 Å². The summed E-state index contributed by atoms with van der Waals surface area (Å²) in [4.78, 5) is 46.9. The van der Waals surface area contributed by atoms with Crippen LogP contribution in [0.3, 0.4) is 0 Å². The Kier molecular flexibility index (Phi) is 8.88. The second-order valence-electron chi connectivity index (χ2n) is 9.69. The van der Waals surface area contributed by atoms with E-state index in [1.165, 1.54) is 7.11 Å². The number of amides is 2. The van der Waals surface area contributed by atoms with E-state index >= 15 is 0 Å². The first-order chi connectivity index (χ1) is 18.8. The standard InChI is InChI=1S/C31H34N4O4/c1-5-9-27(36)35(19-18-34(2)3)24-15-13-23(14-16-24)32-29(21-10-7-6-8-11-21)28-25-17-12-22(31(38)39-4)20-26(25)33-30(28)37/h6-8,10-17,20,28H,5,9,18-19H2,1-4H3,(H,33,37). The summed E-state index contributed by atoms with van der Waals surface area (Å²) in [5.41, 5.74) is 4.57. The molecule has 0 spiro atoms. The molecule has 1 unspecified atom stereocenters. The van der Waals surface area contributed by atoms with Crippen LogP contribution in [-0.2, 0) is 14.3 Å². The molecule has 3 aromatic rings. The van der Waals surface area contributed by atoms with Gasteiger partial charge in [0.15, 0.2) is 0 Å². The summed E-state index contributed by atoms with van der Waals surface area (Å²) in [5, 5.41) is 2.90. The maximum atomic E-state index is 13.2. The lowest BCUT2D eigenvalue weighted by Crippen LogP contribution is -2.36. The molecule has 0 fully saturated rings. The van der Waals surface area contributed by atoms with E-state index in [9.17, 15) is 14.4 Å². The number of carbonyl (C=O) groups is 3. The highest BCUT2D eigenvalue weighted by atomic mass is 16.5. The first-order valence-electron chi connectivity index (χ1n) is 13.0. The van der Waals surface area contributed by atoms with Gasteiger partial charge in [-0.1, -0.05) is 43.3 Å². The van der Waals surface area contributed by atoms with Crippen molar-refractivity contribution in [3.8, 4) is 0 Å². The van der Waals surface area contributed by atoms with Gasteiger partial charge in [-0.05, 0) is 68.0 Å². The third-order valence-corrected chi connectivity index (χ3v) is 6.60. The lowest BCUT2D eigenvalue weighted by atomic mass is 9.90. The molecule has 8 heteroatoms. The smallest absolute Gasteiger partial charge is 0.337 e. The van der Waals surface area contributed by atoms with Crippen LogP contribution in [0.5, 0.6) is 0 Å². The second-order valence-corrected chi connectivity index (χ2v) is 9.69. The molecule has 39 heavy (non-hydrogen) atoms. The van der Waals surface area contributed by atoms with Crippen molar-refractivity contribution in [2.75, 3.05) is 44.5 Å². The Morgan fingerprint density at radius 1 is 0.949 bits per heavy atom. The highest BCUT2D eigenvalue weighted by molar-refractivity contribution is 6.24. The van der Waals surface area contributed by atoms with Crippen LogP contribution >= 0.6 is 0 Å². The first kappa shape index (κ1) is 27.7. The van der Waals surface area contributed by atoms with E-state index in [1.807, 2.05) is 80.5 Å². The molecular formula is C31H34N4O4. The van der Waals surface area contributed by atoms with Gasteiger partial charge in [0.2, 0.25) is 11.8 Å². The molecule has 0 radical (unpaired) electrons.